The van der Waals surface area contributed by atoms with Crippen LogP contribution in [0.25, 0.3) is 0 Å². The zero-order valence-corrected chi connectivity index (χ0v) is 17.0. The SMILES string of the molecule is O=C(O)CC1(CC(=O)O)CCC(CCCc2ccc(C3OCCCO3)cc2)CC1. The second-order valence-corrected chi connectivity index (χ2v) is 8.65. The lowest BCUT2D eigenvalue weighted by atomic mass is 9.66. The Kier molecular flexibility index (Phi) is 7.67. The summed E-state index contributed by atoms with van der Waals surface area (Å²) in [5.74, 6) is -1.22. The normalized spacial score (nSPS) is 20.4. The number of aryl methyl sites for hydroxylation is 1. The average Bonchev–Trinajstić information content (AvgIpc) is 2.70. The standard InChI is InChI=1S/C23H32O6/c24-20(25)15-23(16-21(26)27)11-9-18(10-12-23)4-1-3-17-5-7-19(8-6-17)22-28-13-2-14-29-22/h5-8,18,22H,1-4,9-16H2,(H,24,25)(H,26,27). The van der Waals surface area contributed by atoms with Crippen LogP contribution in [-0.2, 0) is 25.5 Å². The minimum Gasteiger partial charge on any atom is -0.481 e. The molecule has 29 heavy (non-hydrogen) atoms. The summed E-state index contributed by atoms with van der Waals surface area (Å²) in [6.07, 6.45) is 7.10. The molecule has 2 aliphatic rings. The van der Waals surface area contributed by atoms with Crippen molar-refractivity contribution >= 4 is 11.9 Å². The fraction of sp³-hybridized carbons (Fsp3) is 0.652. The predicted molar refractivity (Wildman–Crippen MR) is 108 cm³/mol. The molecule has 0 unspecified atom stereocenters. The van der Waals surface area contributed by atoms with Gasteiger partial charge in [0.2, 0.25) is 0 Å². The molecule has 3 rings (SSSR count). The van der Waals surface area contributed by atoms with E-state index in [1.165, 1.54) is 5.56 Å². The Labute approximate surface area is 172 Å². The van der Waals surface area contributed by atoms with Gasteiger partial charge >= 0.3 is 11.9 Å². The van der Waals surface area contributed by atoms with Crippen molar-refractivity contribution in [1.29, 1.82) is 0 Å². The highest BCUT2D eigenvalue weighted by Gasteiger charge is 2.38. The van der Waals surface area contributed by atoms with Crippen LogP contribution in [0, 0.1) is 11.3 Å². The second-order valence-electron chi connectivity index (χ2n) is 8.65. The van der Waals surface area contributed by atoms with Gasteiger partial charge in [0.15, 0.2) is 6.29 Å². The number of carboxylic acids is 2. The van der Waals surface area contributed by atoms with E-state index >= 15 is 0 Å². The fourth-order valence-electron chi connectivity index (χ4n) is 4.75. The van der Waals surface area contributed by atoms with Gasteiger partial charge in [-0.25, -0.2) is 0 Å². The maximum absolute atomic E-state index is 11.2. The van der Waals surface area contributed by atoms with Crippen molar-refractivity contribution in [2.24, 2.45) is 11.3 Å². The molecule has 6 nitrogen and oxygen atoms in total. The first-order chi connectivity index (χ1) is 14.0. The van der Waals surface area contributed by atoms with Crippen LogP contribution in [0.15, 0.2) is 24.3 Å². The lowest BCUT2D eigenvalue weighted by molar-refractivity contribution is -0.183. The highest BCUT2D eigenvalue weighted by atomic mass is 16.7. The number of ether oxygens (including phenoxy) is 2. The molecule has 160 valence electrons. The topological polar surface area (TPSA) is 93.1 Å². The third-order valence-electron chi connectivity index (χ3n) is 6.38. The number of rotatable bonds is 9. The minimum atomic E-state index is -0.892. The molecule has 0 aromatic heterocycles. The molecule has 0 atom stereocenters. The van der Waals surface area contributed by atoms with Crippen LogP contribution < -0.4 is 0 Å². The van der Waals surface area contributed by atoms with Crippen LogP contribution >= 0.6 is 0 Å². The van der Waals surface area contributed by atoms with E-state index in [1.54, 1.807) is 0 Å². The van der Waals surface area contributed by atoms with Crippen LogP contribution in [0.2, 0.25) is 0 Å². The van der Waals surface area contributed by atoms with Gasteiger partial charge in [-0.1, -0.05) is 30.7 Å². The van der Waals surface area contributed by atoms with Gasteiger partial charge in [-0.2, -0.15) is 0 Å². The zero-order chi connectivity index (χ0) is 20.7. The summed E-state index contributed by atoms with van der Waals surface area (Å²) in [6, 6.07) is 8.45. The molecule has 0 amide bonds. The summed E-state index contributed by atoms with van der Waals surface area (Å²) in [5, 5.41) is 18.3. The Morgan fingerprint density at radius 2 is 1.55 bits per heavy atom. The number of hydrogen-bond acceptors (Lipinski definition) is 4. The van der Waals surface area contributed by atoms with Gasteiger partial charge in [0.05, 0.1) is 26.1 Å². The van der Waals surface area contributed by atoms with E-state index in [0.29, 0.717) is 18.8 Å². The van der Waals surface area contributed by atoms with Crippen molar-refractivity contribution in [2.75, 3.05) is 13.2 Å². The van der Waals surface area contributed by atoms with Crippen molar-refractivity contribution in [2.45, 2.75) is 70.5 Å². The molecule has 2 fully saturated rings. The lowest BCUT2D eigenvalue weighted by Crippen LogP contribution is -2.32. The van der Waals surface area contributed by atoms with Gasteiger partial charge in [0, 0.05) is 5.56 Å². The molecule has 1 aromatic carbocycles. The highest BCUT2D eigenvalue weighted by Crippen LogP contribution is 2.45. The first kappa shape index (κ1) is 21.8. The van der Waals surface area contributed by atoms with Gasteiger partial charge in [0.25, 0.3) is 0 Å². The Morgan fingerprint density at radius 1 is 0.966 bits per heavy atom. The molecule has 1 aliphatic heterocycles. The van der Waals surface area contributed by atoms with E-state index in [2.05, 4.69) is 24.3 Å². The van der Waals surface area contributed by atoms with E-state index in [9.17, 15) is 19.8 Å². The molecule has 1 saturated heterocycles. The van der Waals surface area contributed by atoms with Gasteiger partial charge in [-0.05, 0) is 61.8 Å². The first-order valence-electron chi connectivity index (χ1n) is 10.7. The molecule has 2 N–H and O–H groups in total. The quantitative estimate of drug-likeness (QED) is 0.626. The van der Waals surface area contributed by atoms with E-state index in [0.717, 1.165) is 57.3 Å². The zero-order valence-electron chi connectivity index (χ0n) is 17.0. The summed E-state index contributed by atoms with van der Waals surface area (Å²) in [4.78, 5) is 22.4. The van der Waals surface area contributed by atoms with E-state index in [1.807, 2.05) is 0 Å². The number of carbonyl (C=O) groups is 2. The van der Waals surface area contributed by atoms with Gasteiger partial charge < -0.3 is 19.7 Å². The molecule has 1 saturated carbocycles. The van der Waals surface area contributed by atoms with Crippen LogP contribution in [0.4, 0.5) is 0 Å². The monoisotopic (exact) mass is 404 g/mol. The van der Waals surface area contributed by atoms with Crippen LogP contribution in [-0.4, -0.2) is 35.4 Å². The van der Waals surface area contributed by atoms with Crippen LogP contribution in [0.3, 0.4) is 0 Å². The highest BCUT2D eigenvalue weighted by molar-refractivity contribution is 5.72. The summed E-state index contributed by atoms with van der Waals surface area (Å²) in [5.41, 5.74) is 1.80. The first-order valence-corrected chi connectivity index (χ1v) is 10.7. The van der Waals surface area contributed by atoms with E-state index in [4.69, 9.17) is 9.47 Å². The van der Waals surface area contributed by atoms with Crippen LogP contribution in [0.1, 0.15) is 75.2 Å². The average molecular weight is 405 g/mol. The molecular weight excluding hydrogens is 372 g/mol. The molecule has 1 aromatic rings. The fourth-order valence-corrected chi connectivity index (χ4v) is 4.75. The van der Waals surface area contributed by atoms with Crippen molar-refractivity contribution in [3.05, 3.63) is 35.4 Å². The molecule has 0 radical (unpaired) electrons. The third kappa shape index (κ3) is 6.54. The molecule has 0 spiro atoms. The molecular formula is C23H32O6. The molecule has 1 aliphatic carbocycles. The Bertz CT molecular complexity index is 651. The number of benzene rings is 1. The van der Waals surface area contributed by atoms with Crippen molar-refractivity contribution in [1.82, 2.24) is 0 Å². The van der Waals surface area contributed by atoms with E-state index < -0.39 is 17.4 Å². The van der Waals surface area contributed by atoms with E-state index in [-0.39, 0.29) is 19.1 Å². The molecule has 0 bridgehead atoms. The molecule has 1 heterocycles. The third-order valence-corrected chi connectivity index (χ3v) is 6.38. The van der Waals surface area contributed by atoms with Gasteiger partial charge in [0.1, 0.15) is 0 Å². The Morgan fingerprint density at radius 3 is 2.10 bits per heavy atom. The predicted octanol–water partition coefficient (Wildman–Crippen LogP) is 4.57. The molecule has 6 heteroatoms. The minimum absolute atomic E-state index is 0.0349. The van der Waals surface area contributed by atoms with Gasteiger partial charge in [-0.3, -0.25) is 9.59 Å². The van der Waals surface area contributed by atoms with Gasteiger partial charge in [-0.15, -0.1) is 0 Å². The maximum Gasteiger partial charge on any atom is 0.303 e. The summed E-state index contributed by atoms with van der Waals surface area (Å²) < 4.78 is 11.3. The van der Waals surface area contributed by atoms with Crippen molar-refractivity contribution in [3.8, 4) is 0 Å². The Balaban J connectivity index is 1.42. The Hall–Kier alpha value is -1.92. The van der Waals surface area contributed by atoms with Crippen molar-refractivity contribution in [3.63, 3.8) is 0 Å². The van der Waals surface area contributed by atoms with Crippen LogP contribution in [0.5, 0.6) is 0 Å². The number of hydrogen-bond donors (Lipinski definition) is 2. The smallest absolute Gasteiger partial charge is 0.303 e. The second kappa shape index (κ2) is 10.2. The maximum atomic E-state index is 11.2. The summed E-state index contributed by atoms with van der Waals surface area (Å²) in [6.45, 7) is 1.49. The summed E-state index contributed by atoms with van der Waals surface area (Å²) in [7, 11) is 0. The van der Waals surface area contributed by atoms with Crippen molar-refractivity contribution < 1.29 is 29.3 Å². The lowest BCUT2D eigenvalue weighted by Gasteiger charge is -2.38. The largest absolute Gasteiger partial charge is 0.481 e. The summed E-state index contributed by atoms with van der Waals surface area (Å²) >= 11 is 0. The number of carboxylic acid groups (broad SMARTS) is 2. The number of aliphatic carboxylic acids is 2.